The van der Waals surface area contributed by atoms with Crippen LogP contribution in [0.25, 0.3) is 0 Å². The third-order valence-corrected chi connectivity index (χ3v) is 2.60. The summed E-state index contributed by atoms with van der Waals surface area (Å²) in [5.74, 6) is 0.267. The van der Waals surface area contributed by atoms with Crippen LogP contribution in [-0.4, -0.2) is 49.7 Å². The first-order valence-electron chi connectivity index (χ1n) is 5.83. The Labute approximate surface area is 92.0 Å². The van der Waals surface area contributed by atoms with Gasteiger partial charge in [-0.2, -0.15) is 0 Å². The summed E-state index contributed by atoms with van der Waals surface area (Å²) >= 11 is 0. The Balaban J connectivity index is 2.15. The smallest absolute Gasteiger partial charge is 0.222 e. The van der Waals surface area contributed by atoms with Gasteiger partial charge in [0.05, 0.1) is 0 Å². The second-order valence-corrected chi connectivity index (χ2v) is 4.00. The van der Waals surface area contributed by atoms with E-state index in [4.69, 9.17) is 4.74 Å². The molecule has 4 heteroatoms. The molecule has 4 nitrogen and oxygen atoms in total. The highest BCUT2D eigenvalue weighted by atomic mass is 16.5. The highest BCUT2D eigenvalue weighted by molar-refractivity contribution is 5.76. The number of rotatable bonds is 5. The van der Waals surface area contributed by atoms with E-state index in [0.717, 1.165) is 32.7 Å². The number of nitrogens with zero attached hydrogens (tertiary/aromatic N) is 1. The molecule has 1 N–H and O–H groups in total. The van der Waals surface area contributed by atoms with Crippen LogP contribution in [-0.2, 0) is 9.53 Å². The lowest BCUT2D eigenvalue weighted by Gasteiger charge is -2.32. The number of piperazine rings is 1. The molecule has 0 spiro atoms. The average Bonchev–Trinajstić information content (AvgIpc) is 2.24. The third kappa shape index (κ3) is 4.62. The monoisotopic (exact) mass is 214 g/mol. The summed E-state index contributed by atoms with van der Waals surface area (Å²) in [6.07, 6.45) is 1.46. The summed E-state index contributed by atoms with van der Waals surface area (Å²) in [6.45, 7) is 8.12. The Morgan fingerprint density at radius 1 is 1.60 bits per heavy atom. The normalized spacial score (nSPS) is 21.7. The van der Waals surface area contributed by atoms with Crippen molar-refractivity contribution >= 4 is 5.91 Å². The average molecular weight is 214 g/mol. The predicted octanol–water partition coefficient (Wildman–Crippen LogP) is 0.623. The molecule has 15 heavy (non-hydrogen) atoms. The number of hydrogen-bond donors (Lipinski definition) is 1. The summed E-state index contributed by atoms with van der Waals surface area (Å²) in [4.78, 5) is 13.7. The molecule has 1 aliphatic heterocycles. The zero-order chi connectivity index (χ0) is 11.1. The molecule has 1 atom stereocenters. The van der Waals surface area contributed by atoms with Gasteiger partial charge in [-0.3, -0.25) is 4.79 Å². The summed E-state index contributed by atoms with van der Waals surface area (Å²) in [5.41, 5.74) is 0. The maximum atomic E-state index is 11.7. The number of amides is 1. The van der Waals surface area contributed by atoms with Crippen LogP contribution in [0.2, 0.25) is 0 Å². The number of carbonyl (C=O) groups excluding carboxylic acids is 1. The van der Waals surface area contributed by atoms with Crippen molar-refractivity contribution in [3.8, 4) is 0 Å². The van der Waals surface area contributed by atoms with E-state index in [-0.39, 0.29) is 5.91 Å². The molecular formula is C11H22N2O2. The molecule has 1 aliphatic rings. The molecule has 88 valence electrons. The van der Waals surface area contributed by atoms with Gasteiger partial charge in [0.2, 0.25) is 5.91 Å². The molecule has 0 saturated carbocycles. The van der Waals surface area contributed by atoms with Crippen molar-refractivity contribution < 1.29 is 9.53 Å². The SMILES string of the molecule is CCOCCCC(=O)N1CCN[C@H](C)C1. The largest absolute Gasteiger partial charge is 0.382 e. The van der Waals surface area contributed by atoms with Crippen molar-refractivity contribution in [1.29, 1.82) is 0 Å². The first kappa shape index (κ1) is 12.5. The van der Waals surface area contributed by atoms with Crippen LogP contribution in [0.3, 0.4) is 0 Å². The molecule has 0 unspecified atom stereocenters. The lowest BCUT2D eigenvalue weighted by atomic mass is 10.2. The third-order valence-electron chi connectivity index (χ3n) is 2.60. The van der Waals surface area contributed by atoms with E-state index in [9.17, 15) is 4.79 Å². The first-order chi connectivity index (χ1) is 7.24. The lowest BCUT2D eigenvalue weighted by Crippen LogP contribution is -2.51. The fourth-order valence-electron chi connectivity index (χ4n) is 1.79. The van der Waals surface area contributed by atoms with Crippen molar-refractivity contribution in [1.82, 2.24) is 10.2 Å². The molecule has 1 heterocycles. The number of carbonyl (C=O) groups is 1. The van der Waals surface area contributed by atoms with Crippen LogP contribution in [0.4, 0.5) is 0 Å². The molecule has 0 bridgehead atoms. The van der Waals surface area contributed by atoms with Gasteiger partial charge in [0.25, 0.3) is 0 Å². The van der Waals surface area contributed by atoms with Gasteiger partial charge in [-0.15, -0.1) is 0 Å². The minimum atomic E-state index is 0.267. The van der Waals surface area contributed by atoms with Gasteiger partial charge in [0.15, 0.2) is 0 Å². The zero-order valence-electron chi connectivity index (χ0n) is 9.79. The van der Waals surface area contributed by atoms with Crippen LogP contribution in [0.5, 0.6) is 0 Å². The Hall–Kier alpha value is -0.610. The van der Waals surface area contributed by atoms with E-state index in [1.807, 2.05) is 11.8 Å². The zero-order valence-corrected chi connectivity index (χ0v) is 9.79. The summed E-state index contributed by atoms with van der Waals surface area (Å²) < 4.78 is 5.21. The predicted molar refractivity (Wildman–Crippen MR) is 59.8 cm³/mol. The van der Waals surface area contributed by atoms with Crippen molar-refractivity contribution in [2.45, 2.75) is 32.7 Å². The molecule has 1 rings (SSSR count). The van der Waals surface area contributed by atoms with Gasteiger partial charge in [0, 0.05) is 45.3 Å². The van der Waals surface area contributed by atoms with E-state index in [2.05, 4.69) is 12.2 Å². The van der Waals surface area contributed by atoms with Crippen LogP contribution in [0, 0.1) is 0 Å². The number of nitrogens with one attached hydrogen (secondary N) is 1. The quantitative estimate of drug-likeness (QED) is 0.682. The maximum Gasteiger partial charge on any atom is 0.222 e. The standard InChI is InChI=1S/C11H22N2O2/c1-3-15-8-4-5-11(14)13-7-6-12-10(2)9-13/h10,12H,3-9H2,1-2H3/t10-/m1/s1. The number of hydrogen-bond acceptors (Lipinski definition) is 3. The second-order valence-electron chi connectivity index (χ2n) is 4.00. The maximum absolute atomic E-state index is 11.7. The lowest BCUT2D eigenvalue weighted by molar-refractivity contribution is -0.132. The topological polar surface area (TPSA) is 41.6 Å². The summed E-state index contributed by atoms with van der Waals surface area (Å²) in [5, 5.41) is 3.32. The van der Waals surface area contributed by atoms with Crippen molar-refractivity contribution in [2.75, 3.05) is 32.8 Å². The van der Waals surface area contributed by atoms with E-state index >= 15 is 0 Å². The second kappa shape index (κ2) is 6.80. The van der Waals surface area contributed by atoms with Crippen molar-refractivity contribution in [3.63, 3.8) is 0 Å². The van der Waals surface area contributed by atoms with Gasteiger partial charge in [-0.05, 0) is 20.3 Å². The highest BCUT2D eigenvalue weighted by Gasteiger charge is 2.19. The molecule has 1 amide bonds. The van der Waals surface area contributed by atoms with Crippen LogP contribution >= 0.6 is 0 Å². The molecule has 0 aromatic heterocycles. The molecule has 0 radical (unpaired) electrons. The van der Waals surface area contributed by atoms with Gasteiger partial charge in [0.1, 0.15) is 0 Å². The van der Waals surface area contributed by atoms with Crippen LogP contribution in [0.1, 0.15) is 26.7 Å². The Kier molecular flexibility index (Phi) is 5.65. The van der Waals surface area contributed by atoms with E-state index in [0.29, 0.717) is 19.1 Å². The van der Waals surface area contributed by atoms with E-state index in [1.54, 1.807) is 0 Å². The Morgan fingerprint density at radius 3 is 3.07 bits per heavy atom. The fraction of sp³-hybridized carbons (Fsp3) is 0.909. The van der Waals surface area contributed by atoms with Crippen LogP contribution in [0.15, 0.2) is 0 Å². The van der Waals surface area contributed by atoms with Crippen LogP contribution < -0.4 is 5.32 Å². The van der Waals surface area contributed by atoms with E-state index < -0.39 is 0 Å². The molecule has 0 aromatic rings. The number of ether oxygens (including phenoxy) is 1. The Morgan fingerprint density at radius 2 is 2.40 bits per heavy atom. The fourth-order valence-corrected chi connectivity index (χ4v) is 1.79. The minimum Gasteiger partial charge on any atom is -0.382 e. The van der Waals surface area contributed by atoms with Crippen molar-refractivity contribution in [3.05, 3.63) is 0 Å². The minimum absolute atomic E-state index is 0.267. The first-order valence-corrected chi connectivity index (χ1v) is 5.83. The summed E-state index contributed by atoms with van der Waals surface area (Å²) in [6, 6.07) is 0.426. The molecule has 0 aromatic carbocycles. The van der Waals surface area contributed by atoms with E-state index in [1.165, 1.54) is 0 Å². The molecule has 1 fully saturated rings. The van der Waals surface area contributed by atoms with Gasteiger partial charge >= 0.3 is 0 Å². The summed E-state index contributed by atoms with van der Waals surface area (Å²) in [7, 11) is 0. The van der Waals surface area contributed by atoms with Gasteiger partial charge < -0.3 is 15.0 Å². The van der Waals surface area contributed by atoms with Crippen molar-refractivity contribution in [2.24, 2.45) is 0 Å². The molecule has 1 saturated heterocycles. The molecule has 0 aliphatic carbocycles. The highest BCUT2D eigenvalue weighted by Crippen LogP contribution is 2.03. The van der Waals surface area contributed by atoms with Gasteiger partial charge in [-0.25, -0.2) is 0 Å². The molecular weight excluding hydrogens is 192 g/mol. The van der Waals surface area contributed by atoms with Gasteiger partial charge in [-0.1, -0.05) is 0 Å². The Bertz CT molecular complexity index is 197.